The van der Waals surface area contributed by atoms with Crippen molar-refractivity contribution in [2.24, 2.45) is 0 Å². The highest BCUT2D eigenvalue weighted by atomic mass is 32.1. The quantitative estimate of drug-likeness (QED) is 0.159. The molecule has 2 spiro atoms. The summed E-state index contributed by atoms with van der Waals surface area (Å²) in [6.07, 6.45) is 0. The minimum atomic E-state index is -0.503. The molecule has 0 radical (unpaired) electrons. The number of rotatable bonds is 5. The molecule has 2 aliphatic heterocycles. The molecule has 0 fully saturated rings. The van der Waals surface area contributed by atoms with Crippen LogP contribution in [0.5, 0.6) is 0 Å². The highest BCUT2D eigenvalue weighted by Gasteiger charge is 2.58. The molecule has 6 aliphatic rings. The molecule has 2 nitrogen and oxygen atoms in total. The summed E-state index contributed by atoms with van der Waals surface area (Å²) in [7, 11) is 0. The summed E-state index contributed by atoms with van der Waals surface area (Å²) in [5.41, 5.74) is 34.9. The Morgan fingerprint density at radius 1 is 0.375 bits per heavy atom. The number of thiophene rings is 1. The minimum Gasteiger partial charge on any atom is -0.311 e. The second-order valence-corrected chi connectivity index (χ2v) is 25.5. The average Bonchev–Trinajstić information content (AvgIpc) is 2.51. The zero-order valence-corrected chi connectivity index (χ0v) is 47.1. The van der Waals surface area contributed by atoms with Crippen LogP contribution in [0, 0.1) is 6.92 Å². The number of anilines is 6. The fraction of sp³-hybridized carbons (Fsp3) is 0.158. The third-order valence-corrected chi connectivity index (χ3v) is 20.8. The predicted molar refractivity (Wildman–Crippen MR) is 338 cm³/mol. The predicted octanol–water partition coefficient (Wildman–Crippen LogP) is 18.2. The maximum Gasteiger partial charge on any atom is 0.264 e. The number of hydrogen-bond donors (Lipinski definition) is 0. The number of fused-ring (bicyclic) bond motifs is 25. The van der Waals surface area contributed by atoms with Crippen molar-refractivity contribution in [3.8, 4) is 44.5 Å². The van der Waals surface area contributed by atoms with Gasteiger partial charge in [-0.2, -0.15) is 0 Å². The second kappa shape index (κ2) is 16.3. The van der Waals surface area contributed by atoms with Gasteiger partial charge in [-0.1, -0.05) is 211 Å². The molecule has 4 heteroatoms. The zero-order chi connectivity index (χ0) is 53.7. The van der Waals surface area contributed by atoms with E-state index < -0.39 is 10.8 Å². The lowest BCUT2D eigenvalue weighted by molar-refractivity contribution is 0.794. The molecule has 11 aromatic rings. The molecule has 0 saturated carbocycles. The van der Waals surface area contributed by atoms with Crippen LogP contribution in [-0.2, 0) is 10.8 Å². The van der Waals surface area contributed by atoms with Gasteiger partial charge in [-0.15, -0.1) is 11.3 Å². The van der Waals surface area contributed by atoms with Crippen LogP contribution in [0.25, 0.3) is 44.5 Å². The molecular weight excluding hydrogens is 984 g/mol. The number of hydrogen-bond acceptors (Lipinski definition) is 3. The topological polar surface area (TPSA) is 6.48 Å². The molecule has 10 aromatic carbocycles. The van der Waals surface area contributed by atoms with E-state index in [1.807, 2.05) is 0 Å². The molecule has 0 saturated heterocycles. The Morgan fingerprint density at radius 3 is 1.30 bits per heavy atom. The maximum absolute atomic E-state index is 2.71. The Labute approximate surface area is 474 Å². The van der Waals surface area contributed by atoms with Crippen molar-refractivity contribution >= 4 is 67.9 Å². The summed E-state index contributed by atoms with van der Waals surface area (Å²) in [6, 6.07) is 83.5. The van der Waals surface area contributed by atoms with Crippen molar-refractivity contribution in [1.29, 1.82) is 0 Å². The summed E-state index contributed by atoms with van der Waals surface area (Å²) in [4.78, 5) is 6.80. The monoisotopic (exact) mass is 1040 g/mol. The Hall–Kier alpha value is -8.44. The molecule has 3 heterocycles. The summed E-state index contributed by atoms with van der Waals surface area (Å²) in [5, 5.41) is 0. The number of nitrogens with zero attached hydrogens (tertiary/aromatic N) is 2. The molecule has 4 aliphatic carbocycles. The van der Waals surface area contributed by atoms with Gasteiger partial charge in [0.2, 0.25) is 0 Å². The fourth-order valence-electron chi connectivity index (χ4n) is 15.9. The average molecular weight is 1040 g/mol. The number of aryl methyl sites for hydroxylation is 1. The van der Waals surface area contributed by atoms with Crippen molar-refractivity contribution in [3.63, 3.8) is 0 Å². The van der Waals surface area contributed by atoms with Crippen LogP contribution in [0.15, 0.2) is 212 Å². The van der Waals surface area contributed by atoms with E-state index in [1.54, 1.807) is 0 Å². The van der Waals surface area contributed by atoms with Crippen LogP contribution in [0.4, 0.5) is 34.1 Å². The van der Waals surface area contributed by atoms with E-state index in [0.717, 1.165) is 0 Å². The molecule has 0 N–H and O–H groups in total. The van der Waals surface area contributed by atoms with Gasteiger partial charge in [0.05, 0.1) is 16.5 Å². The van der Waals surface area contributed by atoms with Crippen molar-refractivity contribution < 1.29 is 0 Å². The van der Waals surface area contributed by atoms with Crippen LogP contribution in [0.3, 0.4) is 0 Å². The fourth-order valence-corrected chi connectivity index (χ4v) is 17.6. The van der Waals surface area contributed by atoms with E-state index in [2.05, 4.69) is 282 Å². The SMILES string of the molecule is Cc1cc2c3c(c1)N(c1ccc(C(C)C)cc1)c1c(sc4c1-c1ccc(C(C)C)cc1C41c4ccccc4-c4ccccc41)B3c1cc3c(cc1N2c1ccc(C(C)C)cc1)C1(c2ccccc2-c2ccccc21)c1ccccc1-3. The van der Waals surface area contributed by atoms with Crippen LogP contribution in [0.1, 0.15) is 125 Å². The minimum absolute atomic E-state index is 0.0712. The van der Waals surface area contributed by atoms with Gasteiger partial charge in [-0.3, -0.25) is 0 Å². The van der Waals surface area contributed by atoms with Gasteiger partial charge < -0.3 is 9.80 Å². The Morgan fingerprint density at radius 2 is 0.800 bits per heavy atom. The van der Waals surface area contributed by atoms with E-state index in [-0.39, 0.29) is 6.71 Å². The van der Waals surface area contributed by atoms with Gasteiger partial charge in [-0.25, -0.2) is 0 Å². The standard InChI is InChI=1S/C76H59BN2S/c1-43(2)47-28-33-50(34-29-47)78-67-42-65-58(56-22-12-15-25-61(56)75(65)59-23-13-8-18-52(59)53-19-9-14-24-60(53)75)41-66(67)77-71-68(78)38-46(7)39-69(71)79(51-35-30-48(31-36-51)44(3)4)72-70-57-37-32-49(45(5)6)40-64(57)76(73(70)80-74(72)77)62-26-16-10-20-54(62)55-21-11-17-27-63(55)76/h8-45H,1-7H3. The molecule has 0 atom stereocenters. The third kappa shape index (κ3) is 5.70. The summed E-state index contributed by atoms with van der Waals surface area (Å²) in [5.74, 6) is 1.20. The van der Waals surface area contributed by atoms with Gasteiger partial charge in [-0.05, 0) is 178 Å². The van der Waals surface area contributed by atoms with Crippen molar-refractivity contribution in [2.45, 2.75) is 77.0 Å². The van der Waals surface area contributed by atoms with E-state index in [0.29, 0.717) is 17.8 Å². The van der Waals surface area contributed by atoms with Crippen LogP contribution in [-0.4, -0.2) is 6.71 Å². The number of benzene rings is 10. The molecule has 0 bridgehead atoms. The Bertz CT molecular complexity index is 4400. The lowest BCUT2D eigenvalue weighted by Crippen LogP contribution is -2.60. The third-order valence-electron chi connectivity index (χ3n) is 19.5. The summed E-state index contributed by atoms with van der Waals surface area (Å²) >= 11 is 2.09. The van der Waals surface area contributed by atoms with Crippen molar-refractivity contribution in [1.82, 2.24) is 0 Å². The molecule has 382 valence electrons. The van der Waals surface area contributed by atoms with Gasteiger partial charge >= 0.3 is 0 Å². The van der Waals surface area contributed by atoms with E-state index in [1.165, 1.54) is 160 Å². The van der Waals surface area contributed by atoms with E-state index >= 15 is 0 Å². The zero-order valence-electron chi connectivity index (χ0n) is 46.3. The van der Waals surface area contributed by atoms with Gasteiger partial charge in [0.15, 0.2) is 0 Å². The van der Waals surface area contributed by atoms with Gasteiger partial charge in [0.1, 0.15) is 0 Å². The highest BCUT2D eigenvalue weighted by molar-refractivity contribution is 7.30. The normalized spacial score (nSPS) is 15.2. The summed E-state index contributed by atoms with van der Waals surface area (Å²) < 4.78 is 1.41. The lowest BCUT2D eigenvalue weighted by Gasteiger charge is -2.44. The molecule has 0 amide bonds. The van der Waals surface area contributed by atoms with E-state index in [9.17, 15) is 0 Å². The largest absolute Gasteiger partial charge is 0.311 e. The van der Waals surface area contributed by atoms with E-state index in [4.69, 9.17) is 0 Å². The smallest absolute Gasteiger partial charge is 0.264 e. The van der Waals surface area contributed by atoms with Crippen LogP contribution in [0.2, 0.25) is 0 Å². The summed E-state index contributed by atoms with van der Waals surface area (Å²) in [6.45, 7) is 16.2. The first-order valence-corrected chi connectivity index (χ1v) is 29.8. The lowest BCUT2D eigenvalue weighted by atomic mass is 9.36. The first-order valence-electron chi connectivity index (χ1n) is 29.0. The highest BCUT2D eigenvalue weighted by Crippen LogP contribution is 2.68. The Balaban J connectivity index is 1.03. The molecule has 17 rings (SSSR count). The van der Waals surface area contributed by atoms with Crippen LogP contribution >= 0.6 is 11.3 Å². The first kappa shape index (κ1) is 46.5. The second-order valence-electron chi connectivity index (χ2n) is 24.5. The maximum atomic E-state index is 2.71. The van der Waals surface area contributed by atoms with Crippen LogP contribution < -0.4 is 25.5 Å². The van der Waals surface area contributed by atoms with Crippen molar-refractivity contribution in [3.05, 3.63) is 278 Å². The molecule has 0 unspecified atom stereocenters. The van der Waals surface area contributed by atoms with Gasteiger partial charge in [0.25, 0.3) is 6.71 Å². The molecule has 1 aromatic heterocycles. The first-order chi connectivity index (χ1) is 39.1. The molecule has 80 heavy (non-hydrogen) atoms. The van der Waals surface area contributed by atoms with Gasteiger partial charge in [0, 0.05) is 43.7 Å². The van der Waals surface area contributed by atoms with Crippen molar-refractivity contribution in [2.75, 3.05) is 9.80 Å². The Kier molecular flexibility index (Phi) is 9.49. The molecular formula is C76H59BN2S.